The number of nitrogens with zero attached hydrogens (tertiary/aromatic N) is 2. The Morgan fingerprint density at radius 1 is 0.833 bits per heavy atom. The van der Waals surface area contributed by atoms with E-state index in [4.69, 9.17) is 0 Å². The van der Waals surface area contributed by atoms with Gasteiger partial charge in [0.2, 0.25) is 0 Å². The summed E-state index contributed by atoms with van der Waals surface area (Å²) in [6, 6.07) is 30.2. The molecule has 0 bridgehead atoms. The number of rotatable bonds is 5. The lowest BCUT2D eigenvalue weighted by molar-refractivity contribution is 0.0954. The average molecular weight is 393 g/mol. The van der Waals surface area contributed by atoms with Crippen LogP contribution in [0.2, 0.25) is 0 Å². The Hall–Kier alpha value is -3.92. The summed E-state index contributed by atoms with van der Waals surface area (Å²) in [6.07, 6.45) is 1.66. The van der Waals surface area contributed by atoms with Gasteiger partial charge in [0.15, 0.2) is 0 Å². The van der Waals surface area contributed by atoms with Crippen LogP contribution in [0.25, 0.3) is 16.8 Å². The highest BCUT2D eigenvalue weighted by Crippen LogP contribution is 2.21. The summed E-state index contributed by atoms with van der Waals surface area (Å²) in [5.74, 6) is -0.220. The van der Waals surface area contributed by atoms with E-state index in [0.29, 0.717) is 5.56 Å². The Labute approximate surface area is 176 Å². The number of carbonyl (C=O) groups excluding carboxylic acids is 1. The first-order valence-corrected chi connectivity index (χ1v) is 9.87. The lowest BCUT2D eigenvalue weighted by Gasteiger charge is -2.09. The molecule has 1 heterocycles. The fourth-order valence-corrected chi connectivity index (χ4v) is 3.58. The number of aromatic nitrogens is 1. The van der Waals surface area contributed by atoms with Gasteiger partial charge in [0, 0.05) is 17.1 Å². The van der Waals surface area contributed by atoms with Crippen molar-refractivity contribution < 1.29 is 4.79 Å². The van der Waals surface area contributed by atoms with Crippen LogP contribution in [0, 0.1) is 13.8 Å². The first-order chi connectivity index (χ1) is 14.6. The largest absolute Gasteiger partial charge is 0.318 e. The van der Waals surface area contributed by atoms with E-state index in [1.807, 2.05) is 92.7 Å². The van der Waals surface area contributed by atoms with Gasteiger partial charge in [0.25, 0.3) is 5.91 Å². The number of amides is 1. The van der Waals surface area contributed by atoms with E-state index < -0.39 is 0 Å². The Bertz CT molecular complexity index is 1170. The van der Waals surface area contributed by atoms with Gasteiger partial charge in [-0.3, -0.25) is 4.79 Å². The fourth-order valence-electron chi connectivity index (χ4n) is 3.58. The maximum absolute atomic E-state index is 12.7. The smallest absolute Gasteiger partial charge is 0.273 e. The molecule has 4 nitrogen and oxygen atoms in total. The van der Waals surface area contributed by atoms with Crippen LogP contribution in [-0.2, 0) is 0 Å². The molecule has 0 saturated heterocycles. The van der Waals surface area contributed by atoms with Crippen LogP contribution in [0.3, 0.4) is 0 Å². The average Bonchev–Trinajstić information content (AvgIpc) is 3.09. The van der Waals surface area contributed by atoms with Crippen molar-refractivity contribution in [3.8, 4) is 16.8 Å². The van der Waals surface area contributed by atoms with Crippen LogP contribution >= 0.6 is 0 Å². The molecule has 0 fully saturated rings. The van der Waals surface area contributed by atoms with Crippen LogP contribution in [-0.4, -0.2) is 16.7 Å². The summed E-state index contributed by atoms with van der Waals surface area (Å²) < 4.78 is 2.07. The summed E-state index contributed by atoms with van der Waals surface area (Å²) in [4.78, 5) is 12.7. The van der Waals surface area contributed by atoms with Crippen LogP contribution in [0.5, 0.6) is 0 Å². The van der Waals surface area contributed by atoms with E-state index in [-0.39, 0.29) is 5.91 Å². The second-order valence-corrected chi connectivity index (χ2v) is 7.14. The van der Waals surface area contributed by atoms with E-state index in [1.165, 1.54) is 5.56 Å². The minimum atomic E-state index is -0.220. The van der Waals surface area contributed by atoms with Gasteiger partial charge in [0.05, 0.1) is 11.8 Å². The molecule has 0 aliphatic rings. The summed E-state index contributed by atoms with van der Waals surface area (Å²) in [5.41, 5.74) is 9.42. The van der Waals surface area contributed by atoms with E-state index in [9.17, 15) is 4.79 Å². The van der Waals surface area contributed by atoms with Gasteiger partial charge >= 0.3 is 0 Å². The zero-order chi connectivity index (χ0) is 20.9. The normalized spacial score (nSPS) is 11.0. The van der Waals surface area contributed by atoms with Gasteiger partial charge in [0.1, 0.15) is 0 Å². The van der Waals surface area contributed by atoms with Crippen molar-refractivity contribution in [1.29, 1.82) is 0 Å². The zero-order valence-electron chi connectivity index (χ0n) is 17.0. The number of hydrazone groups is 1. The molecule has 4 rings (SSSR count). The molecule has 0 aliphatic heterocycles. The Balaban J connectivity index is 1.46. The molecule has 3 aromatic carbocycles. The molecule has 0 unspecified atom stereocenters. The highest BCUT2D eigenvalue weighted by atomic mass is 16.2. The molecule has 0 atom stereocenters. The molecular weight excluding hydrogens is 370 g/mol. The number of aryl methyl sites for hydroxylation is 1. The zero-order valence-corrected chi connectivity index (χ0v) is 17.0. The highest BCUT2D eigenvalue weighted by molar-refractivity contribution is 5.96. The van der Waals surface area contributed by atoms with Gasteiger partial charge in [-0.25, -0.2) is 5.43 Å². The minimum Gasteiger partial charge on any atom is -0.318 e. The van der Waals surface area contributed by atoms with Crippen LogP contribution in [0.1, 0.15) is 27.3 Å². The van der Waals surface area contributed by atoms with Gasteiger partial charge in [-0.2, -0.15) is 5.10 Å². The molecule has 148 valence electrons. The van der Waals surface area contributed by atoms with E-state index in [0.717, 1.165) is 28.2 Å². The van der Waals surface area contributed by atoms with Gasteiger partial charge in [-0.1, -0.05) is 72.8 Å². The monoisotopic (exact) mass is 393 g/mol. The molecular formula is C26H23N3O. The standard InChI is InChI=1S/C26H23N3O/c1-19-17-25(20(2)29(19)24-11-7-4-8-12-24)26(30)28-27-18-21-13-15-23(16-14-21)22-9-5-3-6-10-22/h3-18H,1-2H3,(H,28,30)/b27-18-. The fraction of sp³-hybridized carbons (Fsp3) is 0.0769. The van der Waals surface area contributed by atoms with Crippen LogP contribution < -0.4 is 5.43 Å². The number of nitrogens with one attached hydrogen (secondary N) is 1. The number of hydrogen-bond acceptors (Lipinski definition) is 2. The topological polar surface area (TPSA) is 46.4 Å². The van der Waals surface area contributed by atoms with Crippen molar-refractivity contribution in [3.05, 3.63) is 114 Å². The van der Waals surface area contributed by atoms with Crippen LogP contribution in [0.15, 0.2) is 96.1 Å². The van der Waals surface area contributed by atoms with Crippen molar-refractivity contribution in [2.45, 2.75) is 13.8 Å². The van der Waals surface area contributed by atoms with Crippen molar-refractivity contribution in [3.63, 3.8) is 0 Å². The Kier molecular flexibility index (Phi) is 5.57. The van der Waals surface area contributed by atoms with E-state index in [2.05, 4.69) is 27.2 Å². The summed E-state index contributed by atoms with van der Waals surface area (Å²) in [7, 11) is 0. The molecule has 1 amide bonds. The Morgan fingerprint density at radius 2 is 1.43 bits per heavy atom. The number of hydrogen-bond donors (Lipinski definition) is 1. The SMILES string of the molecule is Cc1cc(C(=O)N/N=C\c2ccc(-c3ccccc3)cc2)c(C)n1-c1ccccc1. The first-order valence-electron chi connectivity index (χ1n) is 9.87. The van der Waals surface area contributed by atoms with E-state index >= 15 is 0 Å². The lowest BCUT2D eigenvalue weighted by Crippen LogP contribution is -2.18. The molecule has 1 aromatic heterocycles. The van der Waals surface area contributed by atoms with E-state index in [1.54, 1.807) is 6.21 Å². The predicted octanol–water partition coefficient (Wildman–Crippen LogP) is 5.53. The third kappa shape index (κ3) is 4.08. The molecule has 4 aromatic rings. The van der Waals surface area contributed by atoms with Gasteiger partial charge in [-0.05, 0) is 48.7 Å². The molecule has 4 heteroatoms. The first kappa shape index (κ1) is 19.4. The van der Waals surface area contributed by atoms with Crippen molar-refractivity contribution in [2.24, 2.45) is 5.10 Å². The molecule has 0 saturated carbocycles. The summed E-state index contributed by atoms with van der Waals surface area (Å²) >= 11 is 0. The summed E-state index contributed by atoms with van der Waals surface area (Å²) in [5, 5.41) is 4.14. The number of carbonyl (C=O) groups is 1. The summed E-state index contributed by atoms with van der Waals surface area (Å²) in [6.45, 7) is 3.94. The number of para-hydroxylation sites is 1. The molecule has 0 spiro atoms. The molecule has 30 heavy (non-hydrogen) atoms. The number of benzene rings is 3. The van der Waals surface area contributed by atoms with Gasteiger partial charge < -0.3 is 4.57 Å². The van der Waals surface area contributed by atoms with Crippen molar-refractivity contribution in [1.82, 2.24) is 9.99 Å². The van der Waals surface area contributed by atoms with Crippen molar-refractivity contribution in [2.75, 3.05) is 0 Å². The van der Waals surface area contributed by atoms with Gasteiger partial charge in [-0.15, -0.1) is 0 Å². The molecule has 0 aliphatic carbocycles. The molecule has 0 radical (unpaired) electrons. The minimum absolute atomic E-state index is 0.220. The van der Waals surface area contributed by atoms with Crippen LogP contribution in [0.4, 0.5) is 0 Å². The predicted molar refractivity (Wildman–Crippen MR) is 122 cm³/mol. The quantitative estimate of drug-likeness (QED) is 0.352. The highest BCUT2D eigenvalue weighted by Gasteiger charge is 2.16. The second-order valence-electron chi connectivity index (χ2n) is 7.14. The lowest BCUT2D eigenvalue weighted by atomic mass is 10.0. The molecule has 1 N–H and O–H groups in total. The maximum atomic E-state index is 12.7. The second kappa shape index (κ2) is 8.62. The Morgan fingerprint density at radius 3 is 2.10 bits per heavy atom. The maximum Gasteiger partial charge on any atom is 0.273 e. The van der Waals surface area contributed by atoms with Crippen molar-refractivity contribution >= 4 is 12.1 Å². The third-order valence-electron chi connectivity index (χ3n) is 5.09. The third-order valence-corrected chi connectivity index (χ3v) is 5.09.